The highest BCUT2D eigenvalue weighted by Gasteiger charge is 2.04. The first-order chi connectivity index (χ1) is 12.7. The number of pyridine rings is 1. The van der Waals surface area contributed by atoms with E-state index in [1.54, 1.807) is 20.4 Å². The summed E-state index contributed by atoms with van der Waals surface area (Å²) in [6.07, 6.45) is 3.79. The molecule has 0 aliphatic heterocycles. The molecule has 7 heteroatoms. The molecule has 0 bridgehead atoms. The number of unbranched alkanes of at least 4 members (excludes halogenated alkanes) is 1. The molecule has 0 saturated heterocycles. The zero-order chi connectivity index (χ0) is 18.6. The van der Waals surface area contributed by atoms with Crippen molar-refractivity contribution in [3.05, 3.63) is 48.2 Å². The van der Waals surface area contributed by atoms with Gasteiger partial charge in [0, 0.05) is 19.3 Å². The Morgan fingerprint density at radius 3 is 2.62 bits per heavy atom. The van der Waals surface area contributed by atoms with Gasteiger partial charge < -0.3 is 25.8 Å². The summed E-state index contributed by atoms with van der Waals surface area (Å²) in [6, 6.07) is 11.5. The smallest absolute Gasteiger partial charge is 0.188 e. The van der Waals surface area contributed by atoms with E-state index in [1.807, 2.05) is 36.4 Å². The fraction of sp³-hybridized carbons (Fsp3) is 0.368. The van der Waals surface area contributed by atoms with Crippen LogP contribution < -0.4 is 25.8 Å². The van der Waals surface area contributed by atoms with Gasteiger partial charge >= 0.3 is 0 Å². The van der Waals surface area contributed by atoms with Crippen LogP contribution in [0.15, 0.2) is 47.6 Å². The zero-order valence-corrected chi connectivity index (χ0v) is 15.4. The van der Waals surface area contributed by atoms with E-state index in [2.05, 4.69) is 20.6 Å². The zero-order valence-electron chi connectivity index (χ0n) is 15.4. The lowest BCUT2D eigenvalue weighted by atomic mass is 10.2. The van der Waals surface area contributed by atoms with E-state index < -0.39 is 0 Å². The molecule has 7 nitrogen and oxygen atoms in total. The Labute approximate surface area is 154 Å². The Hall–Kier alpha value is -2.96. The lowest BCUT2D eigenvalue weighted by Crippen LogP contribution is -2.32. The first-order valence-corrected chi connectivity index (χ1v) is 8.62. The Bertz CT molecular complexity index is 692. The molecule has 0 aliphatic rings. The Balaban J connectivity index is 1.65. The van der Waals surface area contributed by atoms with Gasteiger partial charge in [-0.15, -0.1) is 0 Å². The van der Waals surface area contributed by atoms with Gasteiger partial charge in [0.15, 0.2) is 17.5 Å². The molecule has 1 aromatic heterocycles. The summed E-state index contributed by atoms with van der Waals surface area (Å²) in [4.78, 5) is 8.57. The van der Waals surface area contributed by atoms with Crippen molar-refractivity contribution >= 4 is 11.8 Å². The van der Waals surface area contributed by atoms with Gasteiger partial charge in [-0.05, 0) is 42.7 Å². The number of aromatic nitrogens is 1. The second-order valence-electron chi connectivity index (χ2n) is 5.67. The number of nitrogens with zero attached hydrogens (tertiary/aromatic N) is 2. The minimum Gasteiger partial charge on any atom is -0.493 e. The summed E-state index contributed by atoms with van der Waals surface area (Å²) < 4.78 is 10.5. The molecule has 26 heavy (non-hydrogen) atoms. The van der Waals surface area contributed by atoms with Gasteiger partial charge in [-0.3, -0.25) is 0 Å². The van der Waals surface area contributed by atoms with Gasteiger partial charge in [-0.1, -0.05) is 12.1 Å². The quantitative estimate of drug-likeness (QED) is 0.343. The molecule has 0 spiro atoms. The molecule has 140 valence electrons. The summed E-state index contributed by atoms with van der Waals surface area (Å²) in [7, 11) is 3.23. The average molecular weight is 357 g/mol. The number of anilines is 1. The van der Waals surface area contributed by atoms with E-state index in [0.717, 1.165) is 37.3 Å². The third-order valence-electron chi connectivity index (χ3n) is 3.76. The molecule has 2 rings (SSSR count). The fourth-order valence-corrected chi connectivity index (χ4v) is 2.36. The van der Waals surface area contributed by atoms with Gasteiger partial charge in [0.25, 0.3) is 0 Å². The van der Waals surface area contributed by atoms with E-state index in [0.29, 0.717) is 24.0 Å². The molecule has 0 fully saturated rings. The van der Waals surface area contributed by atoms with Crippen LogP contribution in [-0.4, -0.2) is 38.3 Å². The number of ether oxygens (including phenoxy) is 2. The van der Waals surface area contributed by atoms with Crippen LogP contribution in [0.4, 0.5) is 5.82 Å². The van der Waals surface area contributed by atoms with Crippen LogP contribution in [0.25, 0.3) is 0 Å². The van der Waals surface area contributed by atoms with Crippen molar-refractivity contribution in [1.82, 2.24) is 10.3 Å². The number of nitrogens with two attached hydrogens (primary N) is 1. The van der Waals surface area contributed by atoms with Crippen molar-refractivity contribution in [2.75, 3.05) is 32.6 Å². The summed E-state index contributed by atoms with van der Waals surface area (Å²) in [5, 5.41) is 6.41. The lowest BCUT2D eigenvalue weighted by Gasteiger charge is -2.09. The Morgan fingerprint density at radius 1 is 1.08 bits per heavy atom. The maximum atomic E-state index is 5.91. The monoisotopic (exact) mass is 357 g/mol. The maximum Gasteiger partial charge on any atom is 0.188 e. The minimum absolute atomic E-state index is 0.442. The van der Waals surface area contributed by atoms with E-state index in [1.165, 1.54) is 0 Å². The highest BCUT2D eigenvalue weighted by Crippen LogP contribution is 2.27. The normalized spacial score (nSPS) is 11.1. The van der Waals surface area contributed by atoms with E-state index in [-0.39, 0.29) is 0 Å². The highest BCUT2D eigenvalue weighted by atomic mass is 16.5. The predicted octanol–water partition coefficient (Wildman–Crippen LogP) is 2.40. The van der Waals surface area contributed by atoms with Crippen molar-refractivity contribution in [3.8, 4) is 11.5 Å². The number of benzene rings is 1. The van der Waals surface area contributed by atoms with Crippen LogP contribution in [0.5, 0.6) is 11.5 Å². The molecule has 1 aromatic carbocycles. The van der Waals surface area contributed by atoms with Gasteiger partial charge in [0.05, 0.1) is 20.8 Å². The largest absolute Gasteiger partial charge is 0.493 e. The molecular weight excluding hydrogens is 330 g/mol. The van der Waals surface area contributed by atoms with Gasteiger partial charge in [0.2, 0.25) is 0 Å². The predicted molar refractivity (Wildman–Crippen MR) is 105 cm³/mol. The molecule has 0 unspecified atom stereocenters. The van der Waals surface area contributed by atoms with Crippen molar-refractivity contribution in [1.29, 1.82) is 0 Å². The summed E-state index contributed by atoms with van der Waals surface area (Å²) in [6.45, 7) is 2.15. The van der Waals surface area contributed by atoms with Crippen LogP contribution in [0.2, 0.25) is 0 Å². The van der Waals surface area contributed by atoms with E-state index in [4.69, 9.17) is 15.2 Å². The minimum atomic E-state index is 0.442. The molecule has 0 amide bonds. The Kier molecular flexibility index (Phi) is 8.05. The van der Waals surface area contributed by atoms with Crippen LogP contribution in [-0.2, 0) is 6.54 Å². The van der Waals surface area contributed by atoms with Gasteiger partial charge in [0.1, 0.15) is 5.82 Å². The first kappa shape index (κ1) is 19.4. The standard InChI is InChI=1S/C19H27N5O2/c1-25-16-9-8-15(13-17(16)26-2)14-24-19(20)23-12-6-5-11-22-18-7-3-4-10-21-18/h3-4,7-10,13H,5-6,11-12,14H2,1-2H3,(H,21,22)(H3,20,23,24). The number of hydrogen-bond donors (Lipinski definition) is 3. The van der Waals surface area contributed by atoms with Crippen LogP contribution in [0, 0.1) is 0 Å². The van der Waals surface area contributed by atoms with Gasteiger partial charge in [-0.2, -0.15) is 0 Å². The van der Waals surface area contributed by atoms with Crippen molar-refractivity contribution in [2.24, 2.45) is 10.7 Å². The SMILES string of the molecule is COc1ccc(CN=C(N)NCCCCNc2ccccn2)cc1OC. The second-order valence-corrected chi connectivity index (χ2v) is 5.67. The van der Waals surface area contributed by atoms with Crippen molar-refractivity contribution < 1.29 is 9.47 Å². The maximum absolute atomic E-state index is 5.91. The van der Waals surface area contributed by atoms with Crippen LogP contribution in [0.1, 0.15) is 18.4 Å². The topological polar surface area (TPSA) is 93.8 Å². The number of rotatable bonds is 10. The highest BCUT2D eigenvalue weighted by molar-refractivity contribution is 5.77. The number of guanidine groups is 1. The molecular formula is C19H27N5O2. The average Bonchev–Trinajstić information content (AvgIpc) is 2.69. The number of nitrogens with one attached hydrogen (secondary N) is 2. The van der Waals surface area contributed by atoms with Crippen LogP contribution >= 0.6 is 0 Å². The third-order valence-corrected chi connectivity index (χ3v) is 3.76. The molecule has 0 saturated carbocycles. The van der Waals surface area contributed by atoms with Crippen LogP contribution in [0.3, 0.4) is 0 Å². The number of aliphatic imine (C=N–C) groups is 1. The summed E-state index contributed by atoms with van der Waals surface area (Å²) in [5.41, 5.74) is 6.92. The van der Waals surface area contributed by atoms with Gasteiger partial charge in [-0.25, -0.2) is 9.98 Å². The number of methoxy groups -OCH3 is 2. The molecule has 1 heterocycles. The molecule has 0 radical (unpaired) electrons. The van der Waals surface area contributed by atoms with Crippen molar-refractivity contribution in [2.45, 2.75) is 19.4 Å². The third kappa shape index (κ3) is 6.51. The first-order valence-electron chi connectivity index (χ1n) is 8.62. The molecule has 2 aromatic rings. The molecule has 0 atom stereocenters. The van der Waals surface area contributed by atoms with Crippen molar-refractivity contribution in [3.63, 3.8) is 0 Å². The molecule has 0 aliphatic carbocycles. The van der Waals surface area contributed by atoms with E-state index in [9.17, 15) is 0 Å². The summed E-state index contributed by atoms with van der Waals surface area (Å²) >= 11 is 0. The summed E-state index contributed by atoms with van der Waals surface area (Å²) in [5.74, 6) is 2.73. The Morgan fingerprint density at radius 2 is 1.88 bits per heavy atom. The fourth-order valence-electron chi connectivity index (χ4n) is 2.36. The molecule has 4 N–H and O–H groups in total. The van der Waals surface area contributed by atoms with E-state index >= 15 is 0 Å². The number of hydrogen-bond acceptors (Lipinski definition) is 5. The second kappa shape index (κ2) is 10.8. The lowest BCUT2D eigenvalue weighted by molar-refractivity contribution is 0.354.